The Balaban J connectivity index is 1.42. The Morgan fingerprint density at radius 1 is 1.09 bits per heavy atom. The maximum absolute atomic E-state index is 12.9. The predicted octanol–water partition coefficient (Wildman–Crippen LogP) is 6.17. The number of hydrogen-bond acceptors (Lipinski definition) is 5. The van der Waals surface area contributed by atoms with E-state index in [4.69, 9.17) is 5.41 Å². The van der Waals surface area contributed by atoms with Gasteiger partial charge in [0.2, 0.25) is 5.17 Å². The summed E-state index contributed by atoms with van der Waals surface area (Å²) in [6.45, 7) is 6.25. The van der Waals surface area contributed by atoms with Crippen LogP contribution in [0.3, 0.4) is 0 Å². The molecule has 0 saturated carbocycles. The number of aromatic nitrogens is 1. The molecule has 0 spiro atoms. The fourth-order valence-corrected chi connectivity index (χ4v) is 6.12. The molecule has 2 aromatic carbocycles. The molecule has 1 N–H and O–H groups in total. The molecule has 35 heavy (non-hydrogen) atoms. The number of aryl methyl sites for hydroxylation is 2. The van der Waals surface area contributed by atoms with Gasteiger partial charge in [-0.05, 0) is 66.9 Å². The molecule has 0 bridgehead atoms. The number of carbonyl (C=O) groups is 1. The van der Waals surface area contributed by atoms with Gasteiger partial charge in [0.05, 0.1) is 5.57 Å². The minimum atomic E-state index is -0.406. The van der Waals surface area contributed by atoms with Gasteiger partial charge < -0.3 is 4.57 Å². The van der Waals surface area contributed by atoms with Gasteiger partial charge in [-0.3, -0.25) is 10.2 Å². The predicted molar refractivity (Wildman–Crippen MR) is 147 cm³/mol. The highest BCUT2D eigenvalue weighted by atomic mass is 32.2. The minimum Gasteiger partial charge on any atom is -0.318 e. The Morgan fingerprint density at radius 3 is 2.60 bits per heavy atom. The van der Waals surface area contributed by atoms with Crippen LogP contribution in [0.2, 0.25) is 0 Å². The summed E-state index contributed by atoms with van der Waals surface area (Å²) >= 11 is 2.92. The lowest BCUT2D eigenvalue weighted by molar-refractivity contribution is -0.114. The zero-order valence-corrected chi connectivity index (χ0v) is 21.4. The van der Waals surface area contributed by atoms with E-state index in [1.165, 1.54) is 27.9 Å². The number of rotatable bonds is 5. The number of aliphatic imine (C=N–C) groups is 1. The van der Waals surface area contributed by atoms with Gasteiger partial charge in [0.1, 0.15) is 0 Å². The fraction of sp³-hybridized carbons (Fsp3) is 0.185. The molecule has 0 unspecified atom stereocenters. The number of nitrogens with zero attached hydrogens (tertiary/aromatic N) is 4. The van der Waals surface area contributed by atoms with Crippen LogP contribution >= 0.6 is 23.5 Å². The largest absolute Gasteiger partial charge is 0.318 e. The molecular formula is C27H25N5OS2. The third-order valence-electron chi connectivity index (χ3n) is 6.02. The van der Waals surface area contributed by atoms with Crippen LogP contribution < -0.4 is 0 Å². The third-order valence-corrected chi connectivity index (χ3v) is 8.14. The maximum atomic E-state index is 12.9. The molecule has 0 saturated heterocycles. The molecule has 3 aromatic rings. The number of nitrogens with one attached hydrogen (secondary N) is 1. The molecule has 2 aliphatic rings. The van der Waals surface area contributed by atoms with E-state index in [-0.39, 0.29) is 11.4 Å². The van der Waals surface area contributed by atoms with E-state index in [1.807, 2.05) is 31.2 Å². The minimum absolute atomic E-state index is 0.0570. The fourth-order valence-electron chi connectivity index (χ4n) is 4.24. The summed E-state index contributed by atoms with van der Waals surface area (Å²) in [6.07, 6.45) is 2.70. The van der Waals surface area contributed by atoms with Gasteiger partial charge >= 0.3 is 0 Å². The smallest absolute Gasteiger partial charge is 0.283 e. The van der Waals surface area contributed by atoms with E-state index < -0.39 is 5.91 Å². The number of carbonyl (C=O) groups excluding carboxylic acids is 1. The summed E-state index contributed by atoms with van der Waals surface area (Å²) in [5, 5.41) is 15.2. The van der Waals surface area contributed by atoms with Gasteiger partial charge in [0.15, 0.2) is 10.2 Å². The van der Waals surface area contributed by atoms with Gasteiger partial charge in [0, 0.05) is 22.8 Å². The Morgan fingerprint density at radius 2 is 1.83 bits per heavy atom. The van der Waals surface area contributed by atoms with E-state index in [0.29, 0.717) is 5.17 Å². The molecule has 0 aliphatic carbocycles. The average molecular weight is 500 g/mol. The van der Waals surface area contributed by atoms with Crippen molar-refractivity contribution in [3.8, 4) is 5.69 Å². The number of fused-ring (bicyclic) bond motifs is 1. The molecule has 1 aromatic heterocycles. The molecule has 2 aliphatic heterocycles. The van der Waals surface area contributed by atoms with Crippen molar-refractivity contribution in [3.05, 3.63) is 94.3 Å². The number of benzene rings is 2. The molecular weight excluding hydrogens is 474 g/mol. The topological polar surface area (TPSA) is 73.8 Å². The lowest BCUT2D eigenvalue weighted by atomic mass is 10.1. The summed E-state index contributed by atoms with van der Waals surface area (Å²) in [6, 6.07) is 20.6. The molecule has 0 atom stereocenters. The van der Waals surface area contributed by atoms with Crippen LogP contribution in [0.25, 0.3) is 11.8 Å². The van der Waals surface area contributed by atoms with Crippen LogP contribution in [0.1, 0.15) is 35.0 Å². The van der Waals surface area contributed by atoms with Gasteiger partial charge in [-0.15, -0.1) is 5.10 Å². The van der Waals surface area contributed by atoms with Crippen LogP contribution in [0.15, 0.2) is 76.3 Å². The monoisotopic (exact) mass is 499 g/mol. The molecule has 1 amide bonds. The van der Waals surface area contributed by atoms with Gasteiger partial charge in [0.25, 0.3) is 5.91 Å². The van der Waals surface area contributed by atoms with Crippen LogP contribution in [0.5, 0.6) is 0 Å². The van der Waals surface area contributed by atoms with Crippen molar-refractivity contribution < 1.29 is 4.79 Å². The van der Waals surface area contributed by atoms with Gasteiger partial charge in [-0.1, -0.05) is 67.2 Å². The van der Waals surface area contributed by atoms with E-state index in [0.717, 1.165) is 39.2 Å². The first-order valence-electron chi connectivity index (χ1n) is 11.4. The molecule has 0 radical (unpaired) electrons. The van der Waals surface area contributed by atoms with Crippen molar-refractivity contribution in [1.29, 1.82) is 5.41 Å². The van der Waals surface area contributed by atoms with Gasteiger partial charge in [-0.2, -0.15) is 10.0 Å². The highest BCUT2D eigenvalue weighted by Crippen LogP contribution is 2.34. The second-order valence-corrected chi connectivity index (χ2v) is 10.5. The molecule has 5 rings (SSSR count). The van der Waals surface area contributed by atoms with Crippen molar-refractivity contribution in [2.24, 2.45) is 10.1 Å². The second kappa shape index (κ2) is 9.71. The van der Waals surface area contributed by atoms with Crippen LogP contribution in [-0.4, -0.2) is 30.9 Å². The first kappa shape index (κ1) is 23.4. The summed E-state index contributed by atoms with van der Waals surface area (Å²) in [7, 11) is 0. The summed E-state index contributed by atoms with van der Waals surface area (Å²) in [4.78, 5) is 17.2. The summed E-state index contributed by atoms with van der Waals surface area (Å²) in [5.74, 6) is 0.418. The first-order chi connectivity index (χ1) is 17.0. The summed E-state index contributed by atoms with van der Waals surface area (Å²) < 4.78 is 2.99. The van der Waals surface area contributed by atoms with E-state index in [1.54, 1.807) is 17.8 Å². The van der Waals surface area contributed by atoms with Gasteiger partial charge in [-0.25, -0.2) is 0 Å². The quantitative estimate of drug-likeness (QED) is 0.426. The van der Waals surface area contributed by atoms with Crippen LogP contribution in [0, 0.1) is 19.3 Å². The number of amidine groups is 2. The highest BCUT2D eigenvalue weighted by Gasteiger charge is 2.36. The maximum Gasteiger partial charge on any atom is 0.283 e. The summed E-state index contributed by atoms with van der Waals surface area (Å²) in [5.41, 5.74) is 6.83. The van der Waals surface area contributed by atoms with Crippen molar-refractivity contribution >= 4 is 50.9 Å². The number of para-hydroxylation sites is 1. The highest BCUT2D eigenvalue weighted by molar-refractivity contribution is 8.45. The standard InChI is InChI=1S/C27H25N5OS2/c1-4-20-12-8-9-13-23(20)31-17(2)14-21(18(31)3)15-22-24(28)32-26(29-25(22)33)35-27(30-32)34-16-19-10-6-5-7-11-19/h5-15,28H,4,16H2,1-3H3/b22-15-,28-24?. The number of hydrazone groups is 1. The SMILES string of the molecule is CCc1ccccc1-n1c(C)cc(/C=C2/C(=N)N3N=C(SCc4ccccc4)SC3=NC2=O)c1C. The first-order valence-corrected chi connectivity index (χ1v) is 13.2. The van der Waals surface area contributed by atoms with Crippen molar-refractivity contribution in [2.75, 3.05) is 0 Å². The number of hydrogen-bond donors (Lipinski definition) is 1. The molecule has 0 fully saturated rings. The molecule has 6 nitrogen and oxygen atoms in total. The van der Waals surface area contributed by atoms with E-state index >= 15 is 0 Å². The molecule has 3 heterocycles. The number of thioether (sulfide) groups is 2. The van der Waals surface area contributed by atoms with Crippen molar-refractivity contribution in [2.45, 2.75) is 32.9 Å². The Labute approximate surface area is 213 Å². The Hall–Kier alpha value is -3.36. The molecule has 176 valence electrons. The second-order valence-electron chi connectivity index (χ2n) is 8.30. The van der Waals surface area contributed by atoms with E-state index in [9.17, 15) is 4.79 Å². The Bertz CT molecular complexity index is 1420. The van der Waals surface area contributed by atoms with Crippen LogP contribution in [-0.2, 0) is 17.0 Å². The lowest BCUT2D eigenvalue weighted by Crippen LogP contribution is -2.35. The Kier molecular flexibility index (Phi) is 6.49. The van der Waals surface area contributed by atoms with Crippen molar-refractivity contribution in [3.63, 3.8) is 0 Å². The third kappa shape index (κ3) is 4.51. The van der Waals surface area contributed by atoms with Crippen LogP contribution in [0.4, 0.5) is 0 Å². The average Bonchev–Trinajstić information content (AvgIpc) is 3.40. The van der Waals surface area contributed by atoms with E-state index in [2.05, 4.69) is 64.9 Å². The normalized spacial score (nSPS) is 16.5. The van der Waals surface area contributed by atoms with Crippen molar-refractivity contribution in [1.82, 2.24) is 9.58 Å². The lowest BCUT2D eigenvalue weighted by Gasteiger charge is -2.20. The zero-order valence-electron chi connectivity index (χ0n) is 19.8. The molecule has 8 heteroatoms. The zero-order chi connectivity index (χ0) is 24.5. The number of amides is 1.